The van der Waals surface area contributed by atoms with Gasteiger partial charge in [0, 0.05) is 11.6 Å². The molecule has 1 aromatic carbocycles. The van der Waals surface area contributed by atoms with Gasteiger partial charge in [-0.3, -0.25) is 9.59 Å². The molecule has 136 valence electrons. The van der Waals surface area contributed by atoms with Crippen LogP contribution < -0.4 is 5.32 Å². The van der Waals surface area contributed by atoms with Gasteiger partial charge in [0.15, 0.2) is 6.61 Å². The first kappa shape index (κ1) is 18.3. The average Bonchev–Trinajstić information content (AvgIpc) is 3.21. The van der Waals surface area contributed by atoms with E-state index in [2.05, 4.69) is 5.32 Å². The van der Waals surface area contributed by atoms with Crippen molar-refractivity contribution in [2.45, 2.75) is 38.1 Å². The van der Waals surface area contributed by atoms with Gasteiger partial charge in [0.25, 0.3) is 5.91 Å². The minimum Gasteiger partial charge on any atom is -0.452 e. The summed E-state index contributed by atoms with van der Waals surface area (Å²) in [6.45, 7) is -0.336. The Morgan fingerprint density at radius 3 is 2.42 bits per heavy atom. The van der Waals surface area contributed by atoms with Crippen LogP contribution in [0.3, 0.4) is 0 Å². The maximum Gasteiger partial charge on any atom is 0.339 e. The molecule has 1 saturated carbocycles. The van der Waals surface area contributed by atoms with Crippen LogP contribution >= 0.6 is 11.3 Å². The van der Waals surface area contributed by atoms with Crippen LogP contribution in [0.15, 0.2) is 41.8 Å². The Labute approximate surface area is 156 Å². The zero-order chi connectivity index (χ0) is 18.4. The van der Waals surface area contributed by atoms with Gasteiger partial charge in [0.05, 0.1) is 10.4 Å². The van der Waals surface area contributed by atoms with Gasteiger partial charge in [-0.05, 0) is 30.4 Å². The number of hydrogen-bond acceptors (Lipinski definition) is 5. The summed E-state index contributed by atoms with van der Waals surface area (Å²) in [5.74, 6) is -1.18. The Balaban J connectivity index is 1.61. The second kappa shape index (κ2) is 8.76. The lowest BCUT2D eigenvalue weighted by Gasteiger charge is -2.22. The Hall–Kier alpha value is -2.47. The summed E-state index contributed by atoms with van der Waals surface area (Å²) < 4.78 is 5.14. The first-order valence-corrected chi connectivity index (χ1v) is 9.67. The fourth-order valence-electron chi connectivity index (χ4n) is 3.12. The molecule has 1 aliphatic rings. The van der Waals surface area contributed by atoms with Crippen LogP contribution in [0.5, 0.6) is 0 Å². The molecule has 1 aromatic heterocycles. The molecule has 1 N–H and O–H groups in total. The first-order chi connectivity index (χ1) is 12.6. The van der Waals surface area contributed by atoms with E-state index in [4.69, 9.17) is 4.74 Å². The zero-order valence-corrected chi connectivity index (χ0v) is 15.2. The monoisotopic (exact) mass is 371 g/mol. The van der Waals surface area contributed by atoms with Crippen LogP contribution in [0.25, 0.3) is 0 Å². The van der Waals surface area contributed by atoms with Crippen LogP contribution in [0.4, 0.5) is 0 Å². The van der Waals surface area contributed by atoms with Crippen molar-refractivity contribution in [3.05, 3.63) is 57.8 Å². The first-order valence-electron chi connectivity index (χ1n) is 8.79. The molecule has 3 rings (SSSR count). The number of ketones is 1. The van der Waals surface area contributed by atoms with Crippen molar-refractivity contribution in [1.29, 1.82) is 0 Å². The van der Waals surface area contributed by atoms with Crippen LogP contribution in [0, 0.1) is 0 Å². The van der Waals surface area contributed by atoms with Gasteiger partial charge in [-0.1, -0.05) is 43.5 Å². The number of carbonyl (C=O) groups excluding carboxylic acids is 3. The summed E-state index contributed by atoms with van der Waals surface area (Å²) in [4.78, 5) is 37.5. The van der Waals surface area contributed by atoms with Crippen molar-refractivity contribution in [2.24, 2.45) is 0 Å². The van der Waals surface area contributed by atoms with Crippen molar-refractivity contribution in [3.8, 4) is 0 Å². The van der Waals surface area contributed by atoms with E-state index in [1.54, 1.807) is 36.4 Å². The summed E-state index contributed by atoms with van der Waals surface area (Å²) in [5.41, 5.74) is 0.462. The molecule has 0 spiro atoms. The van der Waals surface area contributed by atoms with E-state index in [9.17, 15) is 14.4 Å². The lowest BCUT2D eigenvalue weighted by molar-refractivity contribution is -0.125. The highest BCUT2D eigenvalue weighted by molar-refractivity contribution is 7.12. The molecule has 0 bridgehead atoms. The Morgan fingerprint density at radius 2 is 1.73 bits per heavy atom. The molecule has 1 heterocycles. The normalized spacial score (nSPS) is 14.6. The lowest BCUT2D eigenvalue weighted by atomic mass is 9.95. The number of esters is 1. The molecule has 1 amide bonds. The van der Waals surface area contributed by atoms with Gasteiger partial charge in [0.2, 0.25) is 5.78 Å². The molecule has 0 unspecified atom stereocenters. The number of nitrogens with one attached hydrogen (secondary N) is 1. The van der Waals surface area contributed by atoms with Crippen molar-refractivity contribution in [2.75, 3.05) is 6.61 Å². The third kappa shape index (κ3) is 4.58. The Bertz CT molecular complexity index is 779. The largest absolute Gasteiger partial charge is 0.452 e. The van der Waals surface area contributed by atoms with E-state index < -0.39 is 5.97 Å². The summed E-state index contributed by atoms with van der Waals surface area (Å²) in [7, 11) is 0. The summed E-state index contributed by atoms with van der Waals surface area (Å²) >= 11 is 1.32. The topological polar surface area (TPSA) is 72.5 Å². The molecule has 0 atom stereocenters. The minimum atomic E-state index is -0.663. The van der Waals surface area contributed by atoms with Gasteiger partial charge in [-0.2, -0.15) is 0 Å². The number of carbonyl (C=O) groups is 3. The quantitative estimate of drug-likeness (QED) is 0.622. The second-order valence-corrected chi connectivity index (χ2v) is 7.28. The predicted molar refractivity (Wildman–Crippen MR) is 99.5 cm³/mol. The molecule has 5 nitrogen and oxygen atoms in total. The molecule has 0 aliphatic heterocycles. The number of rotatable bonds is 6. The second-order valence-electron chi connectivity index (χ2n) is 6.33. The van der Waals surface area contributed by atoms with Crippen molar-refractivity contribution >= 4 is 29.0 Å². The van der Waals surface area contributed by atoms with Crippen molar-refractivity contribution in [1.82, 2.24) is 5.32 Å². The molecule has 1 fully saturated rings. The Kier molecular flexibility index (Phi) is 6.17. The predicted octanol–water partition coefficient (Wildman–Crippen LogP) is 3.58. The van der Waals surface area contributed by atoms with Crippen LogP contribution in [-0.2, 0) is 9.53 Å². The van der Waals surface area contributed by atoms with E-state index in [-0.39, 0.29) is 35.5 Å². The fourth-order valence-corrected chi connectivity index (χ4v) is 3.80. The van der Waals surface area contributed by atoms with Crippen molar-refractivity contribution < 1.29 is 19.1 Å². The maximum atomic E-state index is 12.6. The summed E-state index contributed by atoms with van der Waals surface area (Å²) in [6, 6.07) is 10.2. The Morgan fingerprint density at radius 1 is 1.00 bits per heavy atom. The highest BCUT2D eigenvalue weighted by Gasteiger charge is 2.21. The van der Waals surface area contributed by atoms with Gasteiger partial charge in [-0.15, -0.1) is 11.3 Å². The molecule has 6 heteroatoms. The molecule has 0 radical (unpaired) electrons. The van der Waals surface area contributed by atoms with Crippen LogP contribution in [-0.4, -0.2) is 30.3 Å². The van der Waals surface area contributed by atoms with Gasteiger partial charge < -0.3 is 10.1 Å². The summed E-state index contributed by atoms with van der Waals surface area (Å²) in [5, 5.41) is 4.71. The van der Waals surface area contributed by atoms with E-state index >= 15 is 0 Å². The third-order valence-electron chi connectivity index (χ3n) is 4.44. The van der Waals surface area contributed by atoms with Gasteiger partial charge in [0.1, 0.15) is 0 Å². The molecule has 2 aromatic rings. The minimum absolute atomic E-state index is 0.169. The van der Waals surface area contributed by atoms with E-state index in [1.165, 1.54) is 17.8 Å². The maximum absolute atomic E-state index is 12.6. The number of thiophene rings is 1. The molecular weight excluding hydrogens is 350 g/mol. The lowest BCUT2D eigenvalue weighted by Crippen LogP contribution is -2.38. The highest BCUT2D eigenvalue weighted by Crippen LogP contribution is 2.19. The number of amides is 1. The number of benzene rings is 1. The van der Waals surface area contributed by atoms with E-state index in [0.29, 0.717) is 4.88 Å². The molecule has 1 aliphatic carbocycles. The van der Waals surface area contributed by atoms with Gasteiger partial charge >= 0.3 is 5.97 Å². The average molecular weight is 371 g/mol. The summed E-state index contributed by atoms with van der Waals surface area (Å²) in [6.07, 6.45) is 5.37. The SMILES string of the molecule is O=C(COC(=O)c1ccccc1C(=O)c1cccs1)NC1CCCCC1. The fraction of sp³-hybridized carbons (Fsp3) is 0.350. The number of ether oxygens (including phenoxy) is 1. The third-order valence-corrected chi connectivity index (χ3v) is 5.31. The van der Waals surface area contributed by atoms with E-state index in [0.717, 1.165) is 25.7 Å². The van der Waals surface area contributed by atoms with Crippen LogP contribution in [0.2, 0.25) is 0 Å². The number of hydrogen-bond donors (Lipinski definition) is 1. The molecule has 0 saturated heterocycles. The van der Waals surface area contributed by atoms with Crippen molar-refractivity contribution in [3.63, 3.8) is 0 Å². The van der Waals surface area contributed by atoms with Gasteiger partial charge in [-0.25, -0.2) is 4.79 Å². The van der Waals surface area contributed by atoms with E-state index in [1.807, 2.05) is 5.38 Å². The standard InChI is InChI=1S/C20H21NO4S/c22-18(21-14-7-2-1-3-8-14)13-25-20(24)16-10-5-4-9-15(16)19(23)17-11-6-12-26-17/h4-6,9-12,14H,1-3,7-8,13H2,(H,21,22). The smallest absolute Gasteiger partial charge is 0.339 e. The molecular formula is C20H21NO4S. The molecule has 26 heavy (non-hydrogen) atoms. The zero-order valence-electron chi connectivity index (χ0n) is 14.4. The van der Waals surface area contributed by atoms with Crippen LogP contribution in [0.1, 0.15) is 57.7 Å². The highest BCUT2D eigenvalue weighted by atomic mass is 32.1.